The van der Waals surface area contributed by atoms with Crippen LogP contribution in [0.5, 0.6) is 17.2 Å². The SMILES string of the molecule is COc1cccc(-c2nc(C(=O)O)cs2)c1OCCOc1ccccc1C. The van der Waals surface area contributed by atoms with Crippen LogP contribution in [0.4, 0.5) is 0 Å². The molecule has 0 aliphatic heterocycles. The number of carboxylic acid groups (broad SMARTS) is 1. The maximum Gasteiger partial charge on any atom is 0.355 e. The van der Waals surface area contributed by atoms with Gasteiger partial charge in [-0.05, 0) is 30.7 Å². The van der Waals surface area contributed by atoms with Gasteiger partial charge < -0.3 is 19.3 Å². The first kappa shape index (κ1) is 18.7. The Hall–Kier alpha value is -3.06. The number of nitrogens with zero attached hydrogens (tertiary/aromatic N) is 1. The van der Waals surface area contributed by atoms with Crippen LogP contribution < -0.4 is 14.2 Å². The van der Waals surface area contributed by atoms with Gasteiger partial charge in [0.1, 0.15) is 24.0 Å². The Balaban J connectivity index is 1.75. The van der Waals surface area contributed by atoms with Gasteiger partial charge in [0, 0.05) is 5.38 Å². The molecule has 0 bridgehead atoms. The standard InChI is InChI=1S/C20H19NO5S/c1-13-6-3-4-8-16(13)25-10-11-26-18-14(7-5-9-17(18)24-2)19-21-15(12-27-19)20(22)23/h3-9,12H,10-11H2,1-2H3,(H,22,23). The van der Waals surface area contributed by atoms with Crippen LogP contribution in [0.2, 0.25) is 0 Å². The van der Waals surface area contributed by atoms with Gasteiger partial charge in [-0.1, -0.05) is 24.3 Å². The third-order valence-corrected chi connectivity index (χ3v) is 4.71. The minimum absolute atomic E-state index is 0.00616. The molecule has 0 unspecified atom stereocenters. The Morgan fingerprint density at radius 3 is 2.52 bits per heavy atom. The smallest absolute Gasteiger partial charge is 0.355 e. The highest BCUT2D eigenvalue weighted by Crippen LogP contribution is 2.39. The van der Waals surface area contributed by atoms with E-state index in [1.807, 2.05) is 43.3 Å². The largest absolute Gasteiger partial charge is 0.493 e. The lowest BCUT2D eigenvalue weighted by Gasteiger charge is -2.15. The second kappa shape index (κ2) is 8.55. The molecular formula is C20H19NO5S. The zero-order valence-electron chi connectivity index (χ0n) is 15.0. The van der Waals surface area contributed by atoms with Crippen LogP contribution in [0.25, 0.3) is 10.6 Å². The van der Waals surface area contributed by atoms with Gasteiger partial charge >= 0.3 is 5.97 Å². The molecule has 0 amide bonds. The highest BCUT2D eigenvalue weighted by molar-refractivity contribution is 7.13. The number of hydrogen-bond donors (Lipinski definition) is 1. The molecule has 0 spiro atoms. The molecule has 6 nitrogen and oxygen atoms in total. The molecule has 27 heavy (non-hydrogen) atoms. The second-order valence-corrected chi connectivity index (χ2v) is 6.50. The summed E-state index contributed by atoms with van der Waals surface area (Å²) < 4.78 is 17.1. The number of carbonyl (C=O) groups is 1. The molecule has 140 valence electrons. The predicted octanol–water partition coefficient (Wildman–Crippen LogP) is 4.28. The third kappa shape index (κ3) is 4.38. The second-order valence-electron chi connectivity index (χ2n) is 5.64. The van der Waals surface area contributed by atoms with E-state index in [9.17, 15) is 4.79 Å². The summed E-state index contributed by atoms with van der Waals surface area (Å²) in [4.78, 5) is 15.3. The molecule has 0 fully saturated rings. The highest BCUT2D eigenvalue weighted by Gasteiger charge is 2.17. The van der Waals surface area contributed by atoms with Crippen molar-refractivity contribution >= 4 is 17.3 Å². The lowest BCUT2D eigenvalue weighted by molar-refractivity contribution is 0.0691. The van der Waals surface area contributed by atoms with Crippen LogP contribution in [0.15, 0.2) is 47.8 Å². The first-order valence-electron chi connectivity index (χ1n) is 8.27. The quantitative estimate of drug-likeness (QED) is 0.583. The molecule has 0 aliphatic rings. The number of aryl methyl sites for hydroxylation is 1. The summed E-state index contributed by atoms with van der Waals surface area (Å²) in [5, 5.41) is 11.1. The van der Waals surface area contributed by atoms with E-state index in [2.05, 4.69) is 4.98 Å². The summed E-state index contributed by atoms with van der Waals surface area (Å²) >= 11 is 1.24. The Morgan fingerprint density at radius 2 is 1.81 bits per heavy atom. The van der Waals surface area contributed by atoms with Gasteiger partial charge in [0.05, 0.1) is 12.7 Å². The molecule has 1 heterocycles. The molecule has 0 aliphatic carbocycles. The molecule has 0 saturated carbocycles. The van der Waals surface area contributed by atoms with Crippen LogP contribution in [-0.4, -0.2) is 36.4 Å². The van der Waals surface area contributed by atoms with Crippen molar-refractivity contribution in [2.75, 3.05) is 20.3 Å². The van der Waals surface area contributed by atoms with Gasteiger partial charge in [-0.2, -0.15) is 0 Å². The van der Waals surface area contributed by atoms with Crippen LogP contribution >= 0.6 is 11.3 Å². The summed E-state index contributed by atoms with van der Waals surface area (Å²) in [5.74, 6) is 0.817. The van der Waals surface area contributed by atoms with Crippen molar-refractivity contribution in [3.05, 3.63) is 59.1 Å². The predicted molar refractivity (Wildman–Crippen MR) is 103 cm³/mol. The van der Waals surface area contributed by atoms with Crippen LogP contribution in [0.1, 0.15) is 16.1 Å². The van der Waals surface area contributed by atoms with Crippen LogP contribution in [0, 0.1) is 6.92 Å². The first-order chi connectivity index (χ1) is 13.1. The van der Waals surface area contributed by atoms with E-state index in [4.69, 9.17) is 19.3 Å². The zero-order chi connectivity index (χ0) is 19.2. The van der Waals surface area contributed by atoms with E-state index < -0.39 is 5.97 Å². The molecule has 0 radical (unpaired) electrons. The average molecular weight is 385 g/mol. The van der Waals surface area contributed by atoms with E-state index in [0.29, 0.717) is 35.3 Å². The minimum atomic E-state index is -1.06. The Kier molecular flexibility index (Phi) is 5.93. The fourth-order valence-corrected chi connectivity index (χ4v) is 3.32. The highest BCUT2D eigenvalue weighted by atomic mass is 32.1. The van der Waals surface area contributed by atoms with Crippen molar-refractivity contribution < 1.29 is 24.1 Å². The lowest BCUT2D eigenvalue weighted by Crippen LogP contribution is -2.10. The first-order valence-corrected chi connectivity index (χ1v) is 9.15. The summed E-state index contributed by atoms with van der Waals surface area (Å²) in [6, 6.07) is 13.2. The van der Waals surface area contributed by atoms with Crippen molar-refractivity contribution in [1.29, 1.82) is 0 Å². The Labute approximate surface area is 161 Å². The summed E-state index contributed by atoms with van der Waals surface area (Å²) in [7, 11) is 1.56. The number of benzene rings is 2. The fourth-order valence-electron chi connectivity index (χ4n) is 2.50. The number of aromatic nitrogens is 1. The molecule has 3 aromatic rings. The van der Waals surface area contributed by atoms with Crippen molar-refractivity contribution in [2.45, 2.75) is 6.92 Å². The molecule has 1 N–H and O–H groups in total. The number of methoxy groups -OCH3 is 1. The average Bonchev–Trinajstić information content (AvgIpc) is 3.16. The molecule has 0 saturated heterocycles. The molecule has 7 heteroatoms. The number of hydrogen-bond acceptors (Lipinski definition) is 6. The van der Waals surface area contributed by atoms with Gasteiger partial charge in [0.15, 0.2) is 17.2 Å². The van der Waals surface area contributed by atoms with Crippen LogP contribution in [0.3, 0.4) is 0 Å². The topological polar surface area (TPSA) is 77.9 Å². The maximum absolute atomic E-state index is 11.1. The number of rotatable bonds is 8. The number of thiazole rings is 1. The van der Waals surface area contributed by atoms with Crippen molar-refractivity contribution in [2.24, 2.45) is 0 Å². The minimum Gasteiger partial charge on any atom is -0.493 e. The Bertz CT molecular complexity index is 938. The molecule has 2 aromatic carbocycles. The molecule has 3 rings (SSSR count). The van der Waals surface area contributed by atoms with Gasteiger partial charge in [-0.3, -0.25) is 0 Å². The fraction of sp³-hybridized carbons (Fsp3) is 0.200. The number of carboxylic acids is 1. The Morgan fingerprint density at radius 1 is 1.07 bits per heavy atom. The molecular weight excluding hydrogens is 366 g/mol. The van der Waals surface area contributed by atoms with Crippen molar-refractivity contribution in [3.8, 4) is 27.8 Å². The number of ether oxygens (including phenoxy) is 3. The van der Waals surface area contributed by atoms with Crippen LogP contribution in [-0.2, 0) is 0 Å². The summed E-state index contributed by atoms with van der Waals surface area (Å²) in [5.41, 5.74) is 1.74. The van der Waals surface area contributed by atoms with Gasteiger partial charge in [0.2, 0.25) is 0 Å². The number of para-hydroxylation sites is 2. The monoisotopic (exact) mass is 385 g/mol. The van der Waals surface area contributed by atoms with E-state index >= 15 is 0 Å². The van der Waals surface area contributed by atoms with Crippen molar-refractivity contribution in [1.82, 2.24) is 4.98 Å². The van der Waals surface area contributed by atoms with Gasteiger partial charge in [0.25, 0.3) is 0 Å². The summed E-state index contributed by atoms with van der Waals surface area (Å²) in [6.07, 6.45) is 0. The van der Waals surface area contributed by atoms with Gasteiger partial charge in [-0.15, -0.1) is 11.3 Å². The van der Waals surface area contributed by atoms with E-state index in [1.54, 1.807) is 13.2 Å². The normalized spacial score (nSPS) is 10.4. The summed E-state index contributed by atoms with van der Waals surface area (Å²) in [6.45, 7) is 2.65. The molecule has 1 aromatic heterocycles. The van der Waals surface area contributed by atoms with E-state index in [-0.39, 0.29) is 5.69 Å². The van der Waals surface area contributed by atoms with E-state index in [0.717, 1.165) is 11.3 Å². The van der Waals surface area contributed by atoms with E-state index in [1.165, 1.54) is 16.7 Å². The third-order valence-electron chi connectivity index (χ3n) is 3.83. The zero-order valence-corrected chi connectivity index (χ0v) is 15.8. The lowest BCUT2D eigenvalue weighted by atomic mass is 10.2. The molecule has 0 atom stereocenters. The maximum atomic E-state index is 11.1. The van der Waals surface area contributed by atoms with Gasteiger partial charge in [-0.25, -0.2) is 9.78 Å². The number of aromatic carboxylic acids is 1. The van der Waals surface area contributed by atoms with Crippen molar-refractivity contribution in [3.63, 3.8) is 0 Å².